The summed E-state index contributed by atoms with van der Waals surface area (Å²) < 4.78 is 20.5. The minimum atomic E-state index is -1.42. The predicted octanol–water partition coefficient (Wildman–Crippen LogP) is -0.222. The van der Waals surface area contributed by atoms with Crippen molar-refractivity contribution in [3.05, 3.63) is 0 Å². The lowest BCUT2D eigenvalue weighted by atomic mass is 9.99. The van der Waals surface area contributed by atoms with E-state index in [9.17, 15) is 24.3 Å². The number of hydrogen-bond donors (Lipinski definition) is 1. The van der Waals surface area contributed by atoms with Crippen molar-refractivity contribution in [3.8, 4) is 0 Å². The van der Waals surface area contributed by atoms with E-state index in [0.717, 1.165) is 13.8 Å². The molecule has 0 amide bonds. The van der Waals surface area contributed by atoms with E-state index in [0.29, 0.717) is 11.8 Å². The molecular weight excluding hydrogens is 344 g/mol. The summed E-state index contributed by atoms with van der Waals surface area (Å²) in [5.41, 5.74) is -1.03. The highest BCUT2D eigenvalue weighted by atomic mass is 32.2. The molecular formula is C14H20O9S. The minimum absolute atomic E-state index is 0.310. The largest absolute Gasteiger partial charge is 0.463 e. The third-order valence-electron chi connectivity index (χ3n) is 2.96. The fourth-order valence-corrected chi connectivity index (χ4v) is 3.00. The lowest BCUT2D eigenvalue weighted by Gasteiger charge is -2.42. The number of carbonyl (C=O) groups is 4. The molecule has 9 nitrogen and oxygen atoms in total. The van der Waals surface area contributed by atoms with Gasteiger partial charge in [0.25, 0.3) is 0 Å². The van der Waals surface area contributed by atoms with Gasteiger partial charge in [-0.15, -0.1) is 0 Å². The summed E-state index contributed by atoms with van der Waals surface area (Å²) in [6.07, 6.45) is -4.93. The van der Waals surface area contributed by atoms with Crippen LogP contribution in [0.3, 0.4) is 0 Å². The van der Waals surface area contributed by atoms with Gasteiger partial charge in [-0.2, -0.15) is 0 Å². The maximum absolute atomic E-state index is 11.4. The SMILES string of the molecule is CC(=O)OCC1OC(SC(C)=O)C(OC(C)=O)C(OC(C)=O)C1O. The first-order valence-corrected chi connectivity index (χ1v) is 7.98. The van der Waals surface area contributed by atoms with Crippen molar-refractivity contribution in [2.24, 2.45) is 0 Å². The lowest BCUT2D eigenvalue weighted by Crippen LogP contribution is -2.60. The fourth-order valence-electron chi connectivity index (χ4n) is 2.13. The molecule has 1 heterocycles. The Morgan fingerprint density at radius 1 is 0.958 bits per heavy atom. The third kappa shape index (κ3) is 6.10. The van der Waals surface area contributed by atoms with Crippen LogP contribution in [0, 0.1) is 0 Å². The van der Waals surface area contributed by atoms with Gasteiger partial charge in [0.05, 0.1) is 0 Å². The van der Waals surface area contributed by atoms with Crippen LogP contribution in [-0.4, -0.2) is 64.6 Å². The number of rotatable bonds is 5. The van der Waals surface area contributed by atoms with E-state index in [4.69, 9.17) is 18.9 Å². The molecule has 0 aromatic heterocycles. The summed E-state index contributed by atoms with van der Waals surface area (Å²) in [6.45, 7) is 4.42. The van der Waals surface area contributed by atoms with Crippen LogP contribution in [0.5, 0.6) is 0 Å². The highest BCUT2D eigenvalue weighted by molar-refractivity contribution is 8.14. The van der Waals surface area contributed by atoms with E-state index < -0.39 is 47.8 Å². The fraction of sp³-hybridized carbons (Fsp3) is 0.714. The average molecular weight is 364 g/mol. The predicted molar refractivity (Wildman–Crippen MR) is 80.7 cm³/mol. The Morgan fingerprint density at radius 3 is 1.96 bits per heavy atom. The van der Waals surface area contributed by atoms with Crippen LogP contribution >= 0.6 is 11.8 Å². The van der Waals surface area contributed by atoms with E-state index in [1.54, 1.807) is 0 Å². The molecule has 0 saturated carbocycles. The molecule has 1 rings (SSSR count). The number of esters is 3. The van der Waals surface area contributed by atoms with Gasteiger partial charge in [-0.25, -0.2) is 0 Å². The van der Waals surface area contributed by atoms with Gasteiger partial charge in [0, 0.05) is 27.7 Å². The van der Waals surface area contributed by atoms with E-state index in [1.807, 2.05) is 0 Å². The maximum Gasteiger partial charge on any atom is 0.303 e. The first kappa shape index (κ1) is 20.4. The van der Waals surface area contributed by atoms with Crippen molar-refractivity contribution >= 4 is 34.8 Å². The zero-order valence-electron chi connectivity index (χ0n) is 13.7. The minimum Gasteiger partial charge on any atom is -0.463 e. The number of hydrogen-bond acceptors (Lipinski definition) is 10. The van der Waals surface area contributed by atoms with Crippen LogP contribution in [-0.2, 0) is 38.1 Å². The van der Waals surface area contributed by atoms with Crippen LogP contribution in [0.2, 0.25) is 0 Å². The molecule has 0 aromatic rings. The van der Waals surface area contributed by atoms with Crippen LogP contribution < -0.4 is 0 Å². The first-order chi connectivity index (χ1) is 11.1. The number of ether oxygens (including phenoxy) is 4. The van der Waals surface area contributed by atoms with Crippen molar-refractivity contribution in [1.29, 1.82) is 0 Å². The van der Waals surface area contributed by atoms with Gasteiger partial charge < -0.3 is 24.1 Å². The Bertz CT molecular complexity index is 506. The molecule has 24 heavy (non-hydrogen) atoms. The second-order valence-electron chi connectivity index (χ2n) is 5.09. The molecule has 0 radical (unpaired) electrons. The highest BCUT2D eigenvalue weighted by Gasteiger charge is 2.50. The normalized spacial score (nSPS) is 29.5. The zero-order chi connectivity index (χ0) is 18.4. The molecule has 0 bridgehead atoms. The standard InChI is InChI=1S/C14H20O9S/c1-6(15)20-5-10-11(19)12(21-7(2)16)13(22-8(3)17)14(23-10)24-9(4)18/h10-14,19H,5H2,1-4H3. The van der Waals surface area contributed by atoms with E-state index in [-0.39, 0.29) is 11.7 Å². The molecule has 0 aliphatic carbocycles. The van der Waals surface area contributed by atoms with Gasteiger partial charge in [-0.3, -0.25) is 19.2 Å². The van der Waals surface area contributed by atoms with Crippen molar-refractivity contribution in [2.45, 2.75) is 57.5 Å². The van der Waals surface area contributed by atoms with E-state index >= 15 is 0 Å². The monoisotopic (exact) mass is 364 g/mol. The maximum atomic E-state index is 11.4. The smallest absolute Gasteiger partial charge is 0.303 e. The van der Waals surface area contributed by atoms with Crippen LogP contribution in [0.1, 0.15) is 27.7 Å². The number of aliphatic hydroxyl groups is 1. The van der Waals surface area contributed by atoms with Gasteiger partial charge in [0.15, 0.2) is 22.8 Å². The number of carbonyl (C=O) groups excluding carboxylic acids is 4. The summed E-state index contributed by atoms with van der Waals surface area (Å²) >= 11 is 0.715. The summed E-state index contributed by atoms with van der Waals surface area (Å²) in [4.78, 5) is 45.0. The summed E-state index contributed by atoms with van der Waals surface area (Å²) in [5.74, 6) is -2.00. The molecule has 0 spiro atoms. The Kier molecular flexibility index (Phi) is 7.64. The molecule has 1 aliphatic rings. The van der Waals surface area contributed by atoms with Crippen molar-refractivity contribution < 1.29 is 43.2 Å². The second kappa shape index (κ2) is 9.00. The van der Waals surface area contributed by atoms with Crippen molar-refractivity contribution in [3.63, 3.8) is 0 Å². The molecule has 10 heteroatoms. The van der Waals surface area contributed by atoms with Gasteiger partial charge in [-0.05, 0) is 0 Å². The molecule has 1 saturated heterocycles. The zero-order valence-corrected chi connectivity index (χ0v) is 14.5. The Balaban J connectivity index is 3.07. The molecule has 136 valence electrons. The number of thioether (sulfide) groups is 1. The van der Waals surface area contributed by atoms with Crippen LogP contribution in [0.25, 0.3) is 0 Å². The molecule has 1 aliphatic heterocycles. The quantitative estimate of drug-likeness (QED) is 0.517. The third-order valence-corrected chi connectivity index (χ3v) is 3.90. The molecule has 5 atom stereocenters. The Morgan fingerprint density at radius 2 is 1.50 bits per heavy atom. The molecule has 0 aromatic carbocycles. The summed E-state index contributed by atoms with van der Waals surface area (Å²) in [6, 6.07) is 0. The van der Waals surface area contributed by atoms with Gasteiger partial charge >= 0.3 is 17.9 Å². The van der Waals surface area contributed by atoms with Crippen LogP contribution in [0.15, 0.2) is 0 Å². The summed E-state index contributed by atoms with van der Waals surface area (Å²) in [7, 11) is 0. The van der Waals surface area contributed by atoms with Crippen molar-refractivity contribution in [2.75, 3.05) is 6.61 Å². The molecule has 1 fully saturated rings. The Hall–Kier alpha value is -1.65. The van der Waals surface area contributed by atoms with Gasteiger partial charge in [0.1, 0.15) is 18.8 Å². The van der Waals surface area contributed by atoms with E-state index in [1.165, 1.54) is 13.8 Å². The topological polar surface area (TPSA) is 125 Å². The van der Waals surface area contributed by atoms with Crippen LogP contribution in [0.4, 0.5) is 0 Å². The number of aliphatic hydroxyl groups excluding tert-OH is 1. The van der Waals surface area contributed by atoms with Gasteiger partial charge in [0.2, 0.25) is 0 Å². The Labute approximate surface area is 142 Å². The summed E-state index contributed by atoms with van der Waals surface area (Å²) in [5, 5.41) is 10.0. The van der Waals surface area contributed by atoms with Gasteiger partial charge in [-0.1, -0.05) is 11.8 Å². The lowest BCUT2D eigenvalue weighted by molar-refractivity contribution is -0.230. The molecule has 5 unspecified atom stereocenters. The second-order valence-corrected chi connectivity index (χ2v) is 6.37. The molecule has 1 N–H and O–H groups in total. The van der Waals surface area contributed by atoms with E-state index in [2.05, 4.69) is 0 Å². The highest BCUT2D eigenvalue weighted by Crippen LogP contribution is 2.33. The van der Waals surface area contributed by atoms with Crippen molar-refractivity contribution in [1.82, 2.24) is 0 Å². The first-order valence-electron chi connectivity index (χ1n) is 7.10. The average Bonchev–Trinajstić information content (AvgIpc) is 2.42.